The van der Waals surface area contributed by atoms with Crippen LogP contribution in [0, 0.1) is 0 Å². The first-order valence-electron chi connectivity index (χ1n) is 7.39. The molecule has 0 fully saturated rings. The summed E-state index contributed by atoms with van der Waals surface area (Å²) in [5, 5.41) is 8.22. The number of ether oxygens (including phenoxy) is 1. The average Bonchev–Trinajstić information content (AvgIpc) is 2.56. The topological polar surface area (TPSA) is 79.5 Å². The number of para-hydroxylation sites is 3. The third kappa shape index (κ3) is 3.79. The highest BCUT2D eigenvalue weighted by Crippen LogP contribution is 2.29. The lowest BCUT2D eigenvalue weighted by atomic mass is 10.1. The van der Waals surface area contributed by atoms with Crippen molar-refractivity contribution >= 4 is 23.3 Å². The van der Waals surface area contributed by atoms with E-state index in [9.17, 15) is 9.59 Å². The van der Waals surface area contributed by atoms with E-state index < -0.39 is 6.10 Å². The number of hydrogen-bond acceptors (Lipinski definition) is 3. The maximum absolute atomic E-state index is 12.0. The van der Waals surface area contributed by atoms with Gasteiger partial charge in [-0.05, 0) is 24.3 Å². The molecule has 1 unspecified atom stereocenters. The largest absolute Gasteiger partial charge is 0.478 e. The highest BCUT2D eigenvalue weighted by Gasteiger charge is 2.26. The van der Waals surface area contributed by atoms with E-state index in [1.54, 1.807) is 24.3 Å². The predicted molar refractivity (Wildman–Crippen MR) is 87.6 cm³/mol. The summed E-state index contributed by atoms with van der Waals surface area (Å²) in [6.45, 7) is 0.332. The molecule has 1 heterocycles. The predicted octanol–water partition coefficient (Wildman–Crippen LogP) is 2.60. The van der Waals surface area contributed by atoms with E-state index in [1.807, 2.05) is 30.3 Å². The van der Waals surface area contributed by atoms with Crippen LogP contribution >= 0.6 is 0 Å². The molecule has 3 N–H and O–H groups in total. The van der Waals surface area contributed by atoms with Crippen LogP contribution in [0.4, 0.5) is 16.2 Å². The van der Waals surface area contributed by atoms with E-state index in [0.717, 1.165) is 0 Å². The van der Waals surface area contributed by atoms with Crippen LogP contribution in [0.3, 0.4) is 0 Å². The maximum atomic E-state index is 12.0. The van der Waals surface area contributed by atoms with Gasteiger partial charge >= 0.3 is 6.03 Å². The number of carbonyl (C=O) groups is 2. The third-order valence-corrected chi connectivity index (χ3v) is 3.43. The molecule has 0 aliphatic carbocycles. The van der Waals surface area contributed by atoms with E-state index in [2.05, 4.69) is 16.0 Å². The number of amides is 3. The second-order valence-electron chi connectivity index (χ2n) is 5.13. The highest BCUT2D eigenvalue weighted by molar-refractivity contribution is 5.97. The Morgan fingerprint density at radius 3 is 2.65 bits per heavy atom. The van der Waals surface area contributed by atoms with Crippen molar-refractivity contribution in [2.75, 3.05) is 17.2 Å². The van der Waals surface area contributed by atoms with Crippen LogP contribution in [0.1, 0.15) is 6.42 Å². The number of rotatable bonds is 4. The third-order valence-electron chi connectivity index (χ3n) is 3.43. The Hall–Kier alpha value is -3.02. The summed E-state index contributed by atoms with van der Waals surface area (Å²) >= 11 is 0. The molecule has 0 aromatic heterocycles. The fourth-order valence-corrected chi connectivity index (χ4v) is 2.30. The van der Waals surface area contributed by atoms with Gasteiger partial charge in [-0.3, -0.25) is 4.79 Å². The molecule has 3 amide bonds. The zero-order valence-corrected chi connectivity index (χ0v) is 12.4. The Labute approximate surface area is 133 Å². The maximum Gasteiger partial charge on any atom is 0.319 e. The van der Waals surface area contributed by atoms with Crippen molar-refractivity contribution in [1.29, 1.82) is 0 Å². The molecule has 2 aromatic carbocycles. The summed E-state index contributed by atoms with van der Waals surface area (Å²) < 4.78 is 5.66. The van der Waals surface area contributed by atoms with E-state index in [0.29, 0.717) is 30.1 Å². The Morgan fingerprint density at radius 2 is 1.83 bits per heavy atom. The van der Waals surface area contributed by atoms with Crippen molar-refractivity contribution in [2.24, 2.45) is 0 Å². The van der Waals surface area contributed by atoms with Crippen LogP contribution in [-0.4, -0.2) is 24.6 Å². The monoisotopic (exact) mass is 311 g/mol. The van der Waals surface area contributed by atoms with Crippen molar-refractivity contribution in [1.82, 2.24) is 5.32 Å². The normalized spacial score (nSPS) is 15.8. The SMILES string of the molecule is O=C(NCCC1Oc2ccccc2NC1=O)Nc1ccccc1. The van der Waals surface area contributed by atoms with E-state index >= 15 is 0 Å². The second kappa shape index (κ2) is 6.83. The Kier molecular flexibility index (Phi) is 4.42. The second-order valence-corrected chi connectivity index (χ2v) is 5.13. The minimum absolute atomic E-state index is 0.200. The molecule has 0 spiro atoms. The summed E-state index contributed by atoms with van der Waals surface area (Å²) in [6, 6.07) is 16.1. The number of hydrogen-bond donors (Lipinski definition) is 3. The van der Waals surface area contributed by atoms with Gasteiger partial charge in [-0.25, -0.2) is 4.79 Å². The van der Waals surface area contributed by atoms with Gasteiger partial charge in [0, 0.05) is 18.7 Å². The van der Waals surface area contributed by atoms with Crippen molar-refractivity contribution in [3.8, 4) is 5.75 Å². The van der Waals surface area contributed by atoms with Crippen molar-refractivity contribution < 1.29 is 14.3 Å². The van der Waals surface area contributed by atoms with Crippen LogP contribution in [0.5, 0.6) is 5.75 Å². The molecular weight excluding hydrogens is 294 g/mol. The standard InChI is InChI=1S/C17H17N3O3/c21-16-15(23-14-9-5-4-8-13(14)20-16)10-11-18-17(22)19-12-6-2-1-3-7-12/h1-9,15H,10-11H2,(H,20,21)(H2,18,19,22). The van der Waals surface area contributed by atoms with Gasteiger partial charge in [0.15, 0.2) is 6.10 Å². The van der Waals surface area contributed by atoms with Crippen LogP contribution in [0.15, 0.2) is 54.6 Å². The molecule has 0 saturated carbocycles. The Balaban J connectivity index is 1.47. The Bertz CT molecular complexity index is 703. The molecule has 1 aliphatic rings. The number of carbonyl (C=O) groups excluding carboxylic acids is 2. The molecule has 118 valence electrons. The molecule has 6 heteroatoms. The quantitative estimate of drug-likeness (QED) is 0.812. The molecule has 2 aromatic rings. The molecule has 0 saturated heterocycles. The number of anilines is 2. The summed E-state index contributed by atoms with van der Waals surface area (Å²) in [5.74, 6) is 0.444. The first-order valence-corrected chi connectivity index (χ1v) is 7.39. The highest BCUT2D eigenvalue weighted by atomic mass is 16.5. The number of nitrogens with one attached hydrogen (secondary N) is 3. The Morgan fingerprint density at radius 1 is 1.09 bits per heavy atom. The summed E-state index contributed by atoms with van der Waals surface area (Å²) in [6.07, 6.45) is -0.218. The van der Waals surface area contributed by atoms with Crippen LogP contribution in [-0.2, 0) is 4.79 Å². The van der Waals surface area contributed by atoms with Crippen molar-refractivity contribution in [3.05, 3.63) is 54.6 Å². The molecule has 0 bridgehead atoms. The van der Waals surface area contributed by atoms with Gasteiger partial charge in [-0.15, -0.1) is 0 Å². The molecule has 23 heavy (non-hydrogen) atoms. The molecule has 0 radical (unpaired) electrons. The number of benzene rings is 2. The van der Waals surface area contributed by atoms with Gasteiger partial charge in [0.2, 0.25) is 0 Å². The summed E-state index contributed by atoms with van der Waals surface area (Å²) in [4.78, 5) is 23.7. The van der Waals surface area contributed by atoms with Gasteiger partial charge in [0.25, 0.3) is 5.91 Å². The van der Waals surface area contributed by atoms with E-state index in [4.69, 9.17) is 4.74 Å². The van der Waals surface area contributed by atoms with Crippen LogP contribution in [0.2, 0.25) is 0 Å². The number of urea groups is 1. The average molecular weight is 311 g/mol. The molecular formula is C17H17N3O3. The lowest BCUT2D eigenvalue weighted by Crippen LogP contribution is -2.40. The summed E-state index contributed by atoms with van der Waals surface area (Å²) in [7, 11) is 0. The van der Waals surface area contributed by atoms with Gasteiger partial charge in [-0.1, -0.05) is 30.3 Å². The molecule has 1 atom stereocenters. The molecule has 1 aliphatic heterocycles. The smallest absolute Gasteiger partial charge is 0.319 e. The minimum atomic E-state index is -0.609. The first kappa shape index (κ1) is 14.9. The minimum Gasteiger partial charge on any atom is -0.478 e. The fraction of sp³-hybridized carbons (Fsp3) is 0.176. The van der Waals surface area contributed by atoms with Crippen molar-refractivity contribution in [2.45, 2.75) is 12.5 Å². The molecule has 6 nitrogen and oxygen atoms in total. The number of fused-ring (bicyclic) bond motifs is 1. The summed E-state index contributed by atoms with van der Waals surface area (Å²) in [5.41, 5.74) is 1.38. The van der Waals surface area contributed by atoms with Gasteiger partial charge in [0.1, 0.15) is 5.75 Å². The van der Waals surface area contributed by atoms with Gasteiger partial charge in [-0.2, -0.15) is 0 Å². The molecule has 3 rings (SSSR count). The van der Waals surface area contributed by atoms with Crippen LogP contribution in [0.25, 0.3) is 0 Å². The van der Waals surface area contributed by atoms with E-state index in [-0.39, 0.29) is 11.9 Å². The zero-order chi connectivity index (χ0) is 16.1. The van der Waals surface area contributed by atoms with Gasteiger partial charge < -0.3 is 20.7 Å². The first-order chi connectivity index (χ1) is 11.2. The van der Waals surface area contributed by atoms with Crippen LogP contribution < -0.4 is 20.7 Å². The van der Waals surface area contributed by atoms with Gasteiger partial charge in [0.05, 0.1) is 5.69 Å². The zero-order valence-electron chi connectivity index (χ0n) is 12.4. The lowest BCUT2D eigenvalue weighted by Gasteiger charge is -2.25. The van der Waals surface area contributed by atoms with E-state index in [1.165, 1.54) is 0 Å². The fourth-order valence-electron chi connectivity index (χ4n) is 2.30. The lowest BCUT2D eigenvalue weighted by molar-refractivity contribution is -0.123. The van der Waals surface area contributed by atoms with Crippen molar-refractivity contribution in [3.63, 3.8) is 0 Å².